The number of anilines is 1. The molecule has 5 heteroatoms. The Morgan fingerprint density at radius 1 is 1.11 bits per heavy atom. The van der Waals surface area contributed by atoms with Crippen LogP contribution in [0.25, 0.3) is 0 Å². The SMILES string of the molecule is Nc1cnn(CCOCCOc2ccccc2)c1. The predicted molar refractivity (Wildman–Crippen MR) is 69.4 cm³/mol. The highest BCUT2D eigenvalue weighted by molar-refractivity contribution is 5.30. The summed E-state index contributed by atoms with van der Waals surface area (Å²) in [6.45, 7) is 2.40. The van der Waals surface area contributed by atoms with Crippen LogP contribution in [0.4, 0.5) is 5.69 Å². The molecule has 0 aliphatic rings. The molecule has 2 N–H and O–H groups in total. The maximum absolute atomic E-state index is 5.55. The average Bonchev–Trinajstić information content (AvgIpc) is 2.81. The number of nitrogen functional groups attached to an aromatic ring is 1. The summed E-state index contributed by atoms with van der Waals surface area (Å²) < 4.78 is 12.7. The van der Waals surface area contributed by atoms with Crippen LogP contribution in [0, 0.1) is 0 Å². The van der Waals surface area contributed by atoms with Crippen LogP contribution < -0.4 is 10.5 Å². The van der Waals surface area contributed by atoms with Crippen molar-refractivity contribution in [3.63, 3.8) is 0 Å². The van der Waals surface area contributed by atoms with Gasteiger partial charge in [-0.2, -0.15) is 5.10 Å². The Hall–Kier alpha value is -2.01. The molecular formula is C13H17N3O2. The number of aromatic nitrogens is 2. The van der Waals surface area contributed by atoms with Gasteiger partial charge >= 0.3 is 0 Å². The fraction of sp³-hybridized carbons (Fsp3) is 0.308. The van der Waals surface area contributed by atoms with Gasteiger partial charge in [-0.05, 0) is 12.1 Å². The first-order valence-corrected chi connectivity index (χ1v) is 5.88. The quantitative estimate of drug-likeness (QED) is 0.754. The van der Waals surface area contributed by atoms with Crippen LogP contribution in [0.2, 0.25) is 0 Å². The molecule has 18 heavy (non-hydrogen) atoms. The summed E-state index contributed by atoms with van der Waals surface area (Å²) in [6.07, 6.45) is 3.41. The van der Waals surface area contributed by atoms with E-state index in [4.69, 9.17) is 15.2 Å². The van der Waals surface area contributed by atoms with Crippen LogP contribution in [0.1, 0.15) is 0 Å². The highest BCUT2D eigenvalue weighted by Gasteiger charge is 1.95. The summed E-state index contributed by atoms with van der Waals surface area (Å²) in [5.41, 5.74) is 6.22. The Morgan fingerprint density at radius 3 is 2.67 bits per heavy atom. The third-order valence-electron chi connectivity index (χ3n) is 2.36. The van der Waals surface area contributed by atoms with E-state index in [1.54, 1.807) is 17.1 Å². The number of ether oxygens (including phenoxy) is 2. The van der Waals surface area contributed by atoms with E-state index in [0.29, 0.717) is 32.1 Å². The Morgan fingerprint density at radius 2 is 1.94 bits per heavy atom. The first-order valence-electron chi connectivity index (χ1n) is 5.88. The first kappa shape index (κ1) is 12.4. The summed E-state index contributed by atoms with van der Waals surface area (Å²) in [4.78, 5) is 0. The van der Waals surface area contributed by atoms with E-state index < -0.39 is 0 Å². The van der Waals surface area contributed by atoms with Crippen molar-refractivity contribution in [3.8, 4) is 5.75 Å². The molecule has 0 aliphatic heterocycles. The summed E-state index contributed by atoms with van der Waals surface area (Å²) >= 11 is 0. The number of hydrogen-bond acceptors (Lipinski definition) is 4. The Bertz CT molecular complexity index is 456. The van der Waals surface area contributed by atoms with Crippen LogP contribution in [0.3, 0.4) is 0 Å². The second-order valence-electron chi connectivity index (χ2n) is 3.81. The maximum Gasteiger partial charge on any atom is 0.119 e. The lowest BCUT2D eigenvalue weighted by atomic mass is 10.3. The molecule has 0 atom stereocenters. The third kappa shape index (κ3) is 4.10. The van der Waals surface area contributed by atoms with Crippen LogP contribution in [-0.2, 0) is 11.3 Å². The van der Waals surface area contributed by atoms with Gasteiger partial charge in [0.15, 0.2) is 0 Å². The van der Waals surface area contributed by atoms with Crippen LogP contribution in [0.5, 0.6) is 5.75 Å². The van der Waals surface area contributed by atoms with Crippen molar-refractivity contribution in [2.24, 2.45) is 0 Å². The van der Waals surface area contributed by atoms with Gasteiger partial charge in [-0.3, -0.25) is 4.68 Å². The number of para-hydroxylation sites is 1. The smallest absolute Gasteiger partial charge is 0.119 e. The average molecular weight is 247 g/mol. The molecule has 1 aromatic heterocycles. The standard InChI is InChI=1S/C13H17N3O2/c14-12-10-15-16(11-12)6-7-17-8-9-18-13-4-2-1-3-5-13/h1-5,10-11H,6-9,14H2. The largest absolute Gasteiger partial charge is 0.491 e. The van der Waals surface area contributed by atoms with E-state index in [0.717, 1.165) is 5.75 Å². The predicted octanol–water partition coefficient (Wildman–Crippen LogP) is 1.56. The molecule has 0 amide bonds. The van der Waals surface area contributed by atoms with E-state index in [1.807, 2.05) is 30.3 Å². The number of hydrogen-bond donors (Lipinski definition) is 1. The van der Waals surface area contributed by atoms with Gasteiger partial charge < -0.3 is 15.2 Å². The van der Waals surface area contributed by atoms with Gasteiger partial charge in [0, 0.05) is 6.20 Å². The molecule has 0 fully saturated rings. The van der Waals surface area contributed by atoms with Gasteiger partial charge in [0.25, 0.3) is 0 Å². The zero-order valence-corrected chi connectivity index (χ0v) is 10.2. The molecule has 1 heterocycles. The Kier molecular flexibility index (Phi) is 4.60. The van der Waals surface area contributed by atoms with E-state index in [9.17, 15) is 0 Å². The molecule has 2 aromatic rings. The van der Waals surface area contributed by atoms with Gasteiger partial charge in [0.2, 0.25) is 0 Å². The van der Waals surface area contributed by atoms with E-state index in [2.05, 4.69) is 5.10 Å². The van der Waals surface area contributed by atoms with Gasteiger partial charge in [-0.1, -0.05) is 18.2 Å². The van der Waals surface area contributed by atoms with Crippen molar-refractivity contribution in [2.45, 2.75) is 6.54 Å². The van der Waals surface area contributed by atoms with Crippen molar-refractivity contribution >= 4 is 5.69 Å². The fourth-order valence-electron chi connectivity index (χ4n) is 1.50. The van der Waals surface area contributed by atoms with Gasteiger partial charge in [-0.15, -0.1) is 0 Å². The maximum atomic E-state index is 5.55. The molecule has 5 nitrogen and oxygen atoms in total. The molecule has 96 valence electrons. The van der Waals surface area contributed by atoms with Crippen molar-refractivity contribution in [3.05, 3.63) is 42.7 Å². The molecule has 0 aliphatic carbocycles. The Labute approximate surface area is 106 Å². The molecule has 0 spiro atoms. The summed E-state index contributed by atoms with van der Waals surface area (Å²) in [5.74, 6) is 0.862. The molecule has 0 unspecified atom stereocenters. The Balaban J connectivity index is 1.54. The second-order valence-corrected chi connectivity index (χ2v) is 3.81. The molecule has 1 aromatic carbocycles. The minimum Gasteiger partial charge on any atom is -0.491 e. The van der Waals surface area contributed by atoms with E-state index >= 15 is 0 Å². The molecule has 2 rings (SSSR count). The van der Waals surface area contributed by atoms with Crippen LogP contribution in [-0.4, -0.2) is 29.6 Å². The number of nitrogens with zero attached hydrogens (tertiary/aromatic N) is 2. The zero-order chi connectivity index (χ0) is 12.6. The second kappa shape index (κ2) is 6.66. The topological polar surface area (TPSA) is 62.3 Å². The fourth-order valence-corrected chi connectivity index (χ4v) is 1.50. The summed E-state index contributed by atoms with van der Waals surface area (Å²) in [6, 6.07) is 9.69. The number of rotatable bonds is 7. The van der Waals surface area contributed by atoms with Crippen molar-refractivity contribution in [1.29, 1.82) is 0 Å². The van der Waals surface area contributed by atoms with Crippen molar-refractivity contribution < 1.29 is 9.47 Å². The lowest BCUT2D eigenvalue weighted by Gasteiger charge is -2.07. The van der Waals surface area contributed by atoms with Gasteiger partial charge in [-0.25, -0.2) is 0 Å². The van der Waals surface area contributed by atoms with Gasteiger partial charge in [0.05, 0.1) is 31.6 Å². The molecule has 0 saturated carbocycles. The van der Waals surface area contributed by atoms with Crippen LogP contribution >= 0.6 is 0 Å². The molecular weight excluding hydrogens is 230 g/mol. The minimum absolute atomic E-state index is 0.547. The highest BCUT2D eigenvalue weighted by atomic mass is 16.5. The number of benzene rings is 1. The molecule has 0 radical (unpaired) electrons. The lowest BCUT2D eigenvalue weighted by molar-refractivity contribution is 0.0926. The summed E-state index contributed by atoms with van der Waals surface area (Å²) in [5, 5.41) is 4.06. The van der Waals surface area contributed by atoms with Gasteiger partial charge in [0.1, 0.15) is 12.4 Å². The van der Waals surface area contributed by atoms with Crippen molar-refractivity contribution in [1.82, 2.24) is 9.78 Å². The third-order valence-corrected chi connectivity index (χ3v) is 2.36. The highest BCUT2D eigenvalue weighted by Crippen LogP contribution is 2.07. The summed E-state index contributed by atoms with van der Waals surface area (Å²) in [7, 11) is 0. The van der Waals surface area contributed by atoms with Crippen LogP contribution in [0.15, 0.2) is 42.7 Å². The zero-order valence-electron chi connectivity index (χ0n) is 10.2. The minimum atomic E-state index is 0.547. The lowest BCUT2D eigenvalue weighted by Crippen LogP contribution is -2.11. The van der Waals surface area contributed by atoms with Crippen molar-refractivity contribution in [2.75, 3.05) is 25.6 Å². The van der Waals surface area contributed by atoms with E-state index in [1.165, 1.54) is 0 Å². The normalized spacial score (nSPS) is 10.4. The molecule has 0 saturated heterocycles. The van der Waals surface area contributed by atoms with E-state index in [-0.39, 0.29) is 0 Å². The number of nitrogens with two attached hydrogens (primary N) is 1. The molecule has 0 bridgehead atoms. The first-order chi connectivity index (χ1) is 8.84. The monoisotopic (exact) mass is 247 g/mol.